The van der Waals surface area contributed by atoms with Gasteiger partial charge in [0.2, 0.25) is 0 Å². The highest BCUT2D eigenvalue weighted by molar-refractivity contribution is 7.10. The van der Waals surface area contributed by atoms with Crippen molar-refractivity contribution in [2.75, 3.05) is 6.54 Å². The Morgan fingerprint density at radius 1 is 1.80 bits per heavy atom. The molecule has 0 amide bonds. The first-order chi connectivity index (χ1) is 4.75. The van der Waals surface area contributed by atoms with Gasteiger partial charge in [-0.25, -0.2) is 0 Å². The summed E-state index contributed by atoms with van der Waals surface area (Å²) in [6.07, 6.45) is -0.472. The van der Waals surface area contributed by atoms with Crippen LogP contribution in [-0.4, -0.2) is 11.7 Å². The van der Waals surface area contributed by atoms with Crippen LogP contribution in [0, 0.1) is 6.92 Å². The normalized spacial score (nSPS) is 13.5. The van der Waals surface area contributed by atoms with Crippen molar-refractivity contribution in [2.45, 2.75) is 13.0 Å². The van der Waals surface area contributed by atoms with Crippen molar-refractivity contribution in [3.05, 3.63) is 21.9 Å². The Labute approximate surface area is 64.3 Å². The van der Waals surface area contributed by atoms with Crippen LogP contribution < -0.4 is 5.73 Å². The minimum absolute atomic E-state index is 0.307. The topological polar surface area (TPSA) is 46.2 Å². The molecule has 1 rings (SSSR count). The van der Waals surface area contributed by atoms with Crippen molar-refractivity contribution in [3.8, 4) is 0 Å². The summed E-state index contributed by atoms with van der Waals surface area (Å²) < 4.78 is 0. The average Bonchev–Trinajstić information content (AvgIpc) is 2.34. The van der Waals surface area contributed by atoms with Crippen LogP contribution in [0.15, 0.2) is 11.4 Å². The Hall–Kier alpha value is -0.380. The van der Waals surface area contributed by atoms with Crippen molar-refractivity contribution in [1.29, 1.82) is 0 Å². The molecule has 3 N–H and O–H groups in total. The zero-order valence-corrected chi connectivity index (χ0v) is 6.69. The molecular weight excluding hydrogens is 146 g/mol. The lowest BCUT2D eigenvalue weighted by atomic mass is 10.2. The second-order valence-electron chi connectivity index (χ2n) is 2.22. The number of thiophene rings is 1. The summed E-state index contributed by atoms with van der Waals surface area (Å²) in [7, 11) is 0. The predicted octanol–water partition coefficient (Wildman–Crippen LogP) is 1.05. The molecule has 0 spiro atoms. The van der Waals surface area contributed by atoms with Crippen LogP contribution in [0.2, 0.25) is 0 Å². The van der Waals surface area contributed by atoms with E-state index in [9.17, 15) is 5.11 Å². The second kappa shape index (κ2) is 3.14. The molecule has 0 bridgehead atoms. The molecule has 1 aromatic heterocycles. The van der Waals surface area contributed by atoms with Gasteiger partial charge in [-0.1, -0.05) is 0 Å². The Balaban J connectivity index is 2.82. The van der Waals surface area contributed by atoms with E-state index in [4.69, 9.17) is 5.73 Å². The van der Waals surface area contributed by atoms with Crippen LogP contribution >= 0.6 is 11.3 Å². The number of rotatable bonds is 2. The van der Waals surface area contributed by atoms with Crippen molar-refractivity contribution in [2.24, 2.45) is 5.73 Å². The van der Waals surface area contributed by atoms with Crippen molar-refractivity contribution in [3.63, 3.8) is 0 Å². The van der Waals surface area contributed by atoms with Crippen molar-refractivity contribution >= 4 is 11.3 Å². The fraction of sp³-hybridized carbons (Fsp3) is 0.429. The van der Waals surface area contributed by atoms with Crippen LogP contribution in [0.1, 0.15) is 16.5 Å². The Bertz CT molecular complexity index is 209. The highest BCUT2D eigenvalue weighted by Gasteiger charge is 2.08. The van der Waals surface area contributed by atoms with Gasteiger partial charge in [0.25, 0.3) is 0 Å². The van der Waals surface area contributed by atoms with E-state index in [1.807, 2.05) is 18.4 Å². The SMILES string of the molecule is Cc1ccsc1[C@H](O)CN. The van der Waals surface area contributed by atoms with Crippen molar-refractivity contribution < 1.29 is 5.11 Å². The quantitative estimate of drug-likeness (QED) is 0.674. The zero-order valence-electron chi connectivity index (χ0n) is 5.87. The Kier molecular flexibility index (Phi) is 2.43. The molecule has 0 radical (unpaired) electrons. The average molecular weight is 157 g/mol. The van der Waals surface area contributed by atoms with Gasteiger partial charge in [0, 0.05) is 11.4 Å². The summed E-state index contributed by atoms with van der Waals surface area (Å²) in [5.74, 6) is 0. The highest BCUT2D eigenvalue weighted by atomic mass is 32.1. The Morgan fingerprint density at radius 3 is 2.90 bits per heavy atom. The number of hydrogen-bond donors (Lipinski definition) is 2. The molecule has 56 valence electrons. The minimum atomic E-state index is -0.472. The zero-order chi connectivity index (χ0) is 7.56. The first-order valence-corrected chi connectivity index (χ1v) is 4.05. The van der Waals surface area contributed by atoms with E-state index in [1.54, 1.807) is 11.3 Å². The fourth-order valence-corrected chi connectivity index (χ4v) is 1.76. The highest BCUT2D eigenvalue weighted by Crippen LogP contribution is 2.22. The van der Waals surface area contributed by atoms with Gasteiger partial charge in [0.15, 0.2) is 0 Å². The third-order valence-electron chi connectivity index (χ3n) is 1.43. The predicted molar refractivity (Wildman–Crippen MR) is 43.1 cm³/mol. The molecule has 0 saturated carbocycles. The van der Waals surface area contributed by atoms with Gasteiger partial charge >= 0.3 is 0 Å². The molecule has 2 nitrogen and oxygen atoms in total. The summed E-state index contributed by atoms with van der Waals surface area (Å²) in [5.41, 5.74) is 6.42. The maximum absolute atomic E-state index is 9.28. The monoisotopic (exact) mass is 157 g/mol. The first kappa shape index (κ1) is 7.72. The van der Waals surface area contributed by atoms with Gasteiger partial charge in [0.1, 0.15) is 6.10 Å². The van der Waals surface area contributed by atoms with Crippen LogP contribution in [0.4, 0.5) is 0 Å². The van der Waals surface area contributed by atoms with E-state index in [0.717, 1.165) is 10.4 Å². The standard InChI is InChI=1S/C7H11NOS/c1-5-2-3-10-7(5)6(9)4-8/h2-3,6,9H,4,8H2,1H3/t6-/m1/s1. The summed E-state index contributed by atoms with van der Waals surface area (Å²) >= 11 is 1.55. The Morgan fingerprint density at radius 2 is 2.50 bits per heavy atom. The van der Waals surface area contributed by atoms with E-state index >= 15 is 0 Å². The molecular formula is C7H11NOS. The lowest BCUT2D eigenvalue weighted by molar-refractivity contribution is 0.190. The van der Waals surface area contributed by atoms with E-state index in [2.05, 4.69) is 0 Å². The smallest absolute Gasteiger partial charge is 0.101 e. The number of nitrogens with two attached hydrogens (primary N) is 1. The third kappa shape index (κ3) is 1.37. The molecule has 0 fully saturated rings. The molecule has 3 heteroatoms. The van der Waals surface area contributed by atoms with Crippen LogP contribution in [0.5, 0.6) is 0 Å². The minimum Gasteiger partial charge on any atom is -0.386 e. The van der Waals surface area contributed by atoms with Gasteiger partial charge in [-0.3, -0.25) is 0 Å². The van der Waals surface area contributed by atoms with Crippen LogP contribution in [-0.2, 0) is 0 Å². The molecule has 0 aliphatic rings. The number of aliphatic hydroxyl groups excluding tert-OH is 1. The maximum Gasteiger partial charge on any atom is 0.101 e. The first-order valence-electron chi connectivity index (χ1n) is 3.18. The molecule has 0 aliphatic carbocycles. The maximum atomic E-state index is 9.28. The number of aryl methyl sites for hydroxylation is 1. The molecule has 10 heavy (non-hydrogen) atoms. The van der Waals surface area contributed by atoms with E-state index in [1.165, 1.54) is 0 Å². The summed E-state index contributed by atoms with van der Waals surface area (Å²) in [5, 5.41) is 11.2. The molecule has 0 aliphatic heterocycles. The summed E-state index contributed by atoms with van der Waals surface area (Å²) in [6.45, 7) is 2.28. The summed E-state index contributed by atoms with van der Waals surface area (Å²) in [6, 6.07) is 1.98. The lowest BCUT2D eigenvalue weighted by Crippen LogP contribution is -2.10. The largest absolute Gasteiger partial charge is 0.386 e. The van der Waals surface area contributed by atoms with E-state index in [-0.39, 0.29) is 0 Å². The molecule has 0 unspecified atom stereocenters. The number of aliphatic hydroxyl groups is 1. The summed E-state index contributed by atoms with van der Waals surface area (Å²) in [4.78, 5) is 0.988. The van der Waals surface area contributed by atoms with Crippen molar-refractivity contribution in [1.82, 2.24) is 0 Å². The van der Waals surface area contributed by atoms with Gasteiger partial charge in [-0.15, -0.1) is 11.3 Å². The molecule has 1 heterocycles. The van der Waals surface area contributed by atoms with Gasteiger partial charge < -0.3 is 10.8 Å². The second-order valence-corrected chi connectivity index (χ2v) is 3.17. The van der Waals surface area contributed by atoms with E-state index in [0.29, 0.717) is 6.54 Å². The van der Waals surface area contributed by atoms with Gasteiger partial charge in [-0.05, 0) is 23.9 Å². The molecule has 0 aromatic carbocycles. The number of hydrogen-bond acceptors (Lipinski definition) is 3. The van der Waals surface area contributed by atoms with Gasteiger partial charge in [-0.2, -0.15) is 0 Å². The van der Waals surface area contributed by atoms with Gasteiger partial charge in [0.05, 0.1) is 0 Å². The molecule has 1 aromatic rings. The fourth-order valence-electron chi connectivity index (χ4n) is 0.833. The van der Waals surface area contributed by atoms with Crippen LogP contribution in [0.25, 0.3) is 0 Å². The van der Waals surface area contributed by atoms with E-state index < -0.39 is 6.10 Å². The molecule has 1 atom stereocenters. The third-order valence-corrected chi connectivity index (χ3v) is 2.55. The molecule has 0 saturated heterocycles. The van der Waals surface area contributed by atoms with Crippen LogP contribution in [0.3, 0.4) is 0 Å². The lowest BCUT2D eigenvalue weighted by Gasteiger charge is -2.04.